The van der Waals surface area contributed by atoms with Crippen LogP contribution in [0.5, 0.6) is 0 Å². The van der Waals surface area contributed by atoms with Crippen molar-refractivity contribution in [3.8, 4) is 0 Å². The molecule has 0 aromatic heterocycles. The Kier molecular flexibility index (Phi) is 4.06. The van der Waals surface area contributed by atoms with Crippen molar-refractivity contribution in [1.82, 2.24) is 5.32 Å². The topological polar surface area (TPSA) is 49.3 Å². The van der Waals surface area contributed by atoms with Gasteiger partial charge in [0.05, 0.1) is 0 Å². The number of rotatable bonds is 5. The first-order valence-corrected chi connectivity index (χ1v) is 4.80. The molecule has 80 valence electrons. The zero-order chi connectivity index (χ0) is 11.3. The highest BCUT2D eigenvalue weighted by Crippen LogP contribution is 2.10. The number of aliphatic carboxylic acids is 1. The Bertz CT molecular complexity index is 346. The van der Waals surface area contributed by atoms with E-state index in [1.54, 1.807) is 6.92 Å². The maximum atomic E-state index is 10.6. The minimum atomic E-state index is -0.851. The molecule has 0 bridgehead atoms. The maximum absolute atomic E-state index is 10.6. The average Bonchev–Trinajstić information content (AvgIpc) is 2.26. The molecule has 1 rings (SSSR count). The summed E-state index contributed by atoms with van der Waals surface area (Å²) in [6.45, 7) is 6.00. The van der Waals surface area contributed by atoms with Crippen LogP contribution in [-0.4, -0.2) is 23.7 Å². The third-order valence-corrected chi connectivity index (χ3v) is 2.17. The highest BCUT2D eigenvalue weighted by Gasteiger charge is 2.09. The van der Waals surface area contributed by atoms with Crippen LogP contribution in [-0.2, 0) is 4.79 Å². The Morgan fingerprint density at radius 1 is 1.47 bits per heavy atom. The van der Waals surface area contributed by atoms with Crippen LogP contribution in [0.4, 0.5) is 0 Å². The third kappa shape index (κ3) is 3.56. The Labute approximate surface area is 89.4 Å². The molecule has 0 fully saturated rings. The van der Waals surface area contributed by atoms with Crippen molar-refractivity contribution in [3.05, 3.63) is 42.5 Å². The molecule has 1 aromatic rings. The molecule has 3 nitrogen and oxygen atoms in total. The van der Waals surface area contributed by atoms with E-state index in [2.05, 4.69) is 11.9 Å². The zero-order valence-corrected chi connectivity index (χ0v) is 8.73. The second-order valence-corrected chi connectivity index (χ2v) is 3.41. The summed E-state index contributed by atoms with van der Waals surface area (Å²) in [5.41, 5.74) is 1.92. The van der Waals surface area contributed by atoms with Crippen LogP contribution in [0.3, 0.4) is 0 Å². The van der Waals surface area contributed by atoms with Crippen LogP contribution in [0.1, 0.15) is 12.5 Å². The van der Waals surface area contributed by atoms with Gasteiger partial charge in [-0.3, -0.25) is 4.79 Å². The molecule has 0 spiro atoms. The number of carboxylic acid groups (broad SMARTS) is 1. The molecule has 3 heteroatoms. The van der Waals surface area contributed by atoms with Crippen LogP contribution >= 0.6 is 0 Å². The van der Waals surface area contributed by atoms with Crippen LogP contribution < -0.4 is 5.32 Å². The second kappa shape index (κ2) is 5.32. The van der Waals surface area contributed by atoms with E-state index < -0.39 is 12.0 Å². The van der Waals surface area contributed by atoms with E-state index in [1.807, 2.05) is 30.3 Å². The van der Waals surface area contributed by atoms with Crippen molar-refractivity contribution in [3.63, 3.8) is 0 Å². The molecule has 0 heterocycles. The van der Waals surface area contributed by atoms with Crippen molar-refractivity contribution in [2.75, 3.05) is 6.54 Å². The predicted molar refractivity (Wildman–Crippen MR) is 60.6 cm³/mol. The van der Waals surface area contributed by atoms with Crippen LogP contribution in [0.25, 0.3) is 5.57 Å². The first-order chi connectivity index (χ1) is 7.11. The molecule has 0 radical (unpaired) electrons. The quantitative estimate of drug-likeness (QED) is 0.770. The van der Waals surface area contributed by atoms with Crippen molar-refractivity contribution < 1.29 is 9.90 Å². The molecule has 0 amide bonds. The Morgan fingerprint density at radius 2 is 2.07 bits per heavy atom. The number of carbonyl (C=O) groups is 1. The fourth-order valence-corrected chi connectivity index (χ4v) is 1.14. The number of hydrogen-bond acceptors (Lipinski definition) is 2. The van der Waals surface area contributed by atoms with Gasteiger partial charge in [0.15, 0.2) is 0 Å². The van der Waals surface area contributed by atoms with E-state index in [1.165, 1.54) is 0 Å². The van der Waals surface area contributed by atoms with Gasteiger partial charge in [-0.15, -0.1) is 0 Å². The van der Waals surface area contributed by atoms with Gasteiger partial charge in [0.25, 0.3) is 0 Å². The lowest BCUT2D eigenvalue weighted by atomic mass is 10.1. The summed E-state index contributed by atoms with van der Waals surface area (Å²) in [4.78, 5) is 10.6. The fourth-order valence-electron chi connectivity index (χ4n) is 1.14. The number of carboxylic acids is 1. The Morgan fingerprint density at radius 3 is 2.60 bits per heavy atom. The third-order valence-electron chi connectivity index (χ3n) is 2.17. The lowest BCUT2D eigenvalue weighted by molar-refractivity contribution is -0.138. The Balaban J connectivity index is 2.47. The first kappa shape index (κ1) is 11.5. The largest absolute Gasteiger partial charge is 0.480 e. The summed E-state index contributed by atoms with van der Waals surface area (Å²) in [6.07, 6.45) is 0. The van der Waals surface area contributed by atoms with Gasteiger partial charge >= 0.3 is 5.97 Å². The molecule has 0 saturated heterocycles. The van der Waals surface area contributed by atoms with E-state index in [4.69, 9.17) is 5.11 Å². The van der Waals surface area contributed by atoms with Crippen LogP contribution in [0.2, 0.25) is 0 Å². The van der Waals surface area contributed by atoms with Crippen molar-refractivity contribution >= 4 is 11.5 Å². The van der Waals surface area contributed by atoms with Gasteiger partial charge in [0, 0.05) is 6.54 Å². The minimum Gasteiger partial charge on any atom is -0.480 e. The highest BCUT2D eigenvalue weighted by atomic mass is 16.4. The lowest BCUT2D eigenvalue weighted by Crippen LogP contribution is -2.34. The van der Waals surface area contributed by atoms with Gasteiger partial charge in [0.2, 0.25) is 0 Å². The van der Waals surface area contributed by atoms with Gasteiger partial charge in [-0.25, -0.2) is 0 Å². The standard InChI is InChI=1S/C12H15NO2/c1-9(8-13-10(2)12(14)15)11-6-4-3-5-7-11/h3-7,10,13H,1,8H2,2H3,(H,14,15)/t10-/m0/s1. The van der Waals surface area contributed by atoms with E-state index in [0.29, 0.717) is 6.54 Å². The van der Waals surface area contributed by atoms with Gasteiger partial charge in [-0.05, 0) is 18.1 Å². The second-order valence-electron chi connectivity index (χ2n) is 3.41. The summed E-state index contributed by atoms with van der Waals surface area (Å²) < 4.78 is 0. The molecule has 0 aliphatic rings. The molecule has 1 aromatic carbocycles. The first-order valence-electron chi connectivity index (χ1n) is 4.80. The van der Waals surface area contributed by atoms with Gasteiger partial charge in [0.1, 0.15) is 6.04 Å². The molecular weight excluding hydrogens is 190 g/mol. The summed E-state index contributed by atoms with van der Waals surface area (Å²) in [5.74, 6) is -0.851. The summed E-state index contributed by atoms with van der Waals surface area (Å²) in [5, 5.41) is 11.6. The highest BCUT2D eigenvalue weighted by molar-refractivity contribution is 5.73. The minimum absolute atomic E-state index is 0.484. The molecule has 0 aliphatic heterocycles. The number of hydrogen-bond donors (Lipinski definition) is 2. The molecule has 15 heavy (non-hydrogen) atoms. The predicted octanol–water partition coefficient (Wildman–Crippen LogP) is 1.76. The summed E-state index contributed by atoms with van der Waals surface area (Å²) in [6, 6.07) is 9.16. The van der Waals surface area contributed by atoms with Gasteiger partial charge < -0.3 is 10.4 Å². The molecule has 2 N–H and O–H groups in total. The van der Waals surface area contributed by atoms with Crippen LogP contribution in [0.15, 0.2) is 36.9 Å². The molecule has 0 saturated carbocycles. The van der Waals surface area contributed by atoms with E-state index >= 15 is 0 Å². The summed E-state index contributed by atoms with van der Waals surface area (Å²) >= 11 is 0. The Hall–Kier alpha value is -1.61. The molecule has 0 unspecified atom stereocenters. The van der Waals surface area contributed by atoms with E-state index in [0.717, 1.165) is 11.1 Å². The van der Waals surface area contributed by atoms with E-state index in [9.17, 15) is 4.79 Å². The fraction of sp³-hybridized carbons (Fsp3) is 0.250. The van der Waals surface area contributed by atoms with E-state index in [-0.39, 0.29) is 0 Å². The van der Waals surface area contributed by atoms with Crippen molar-refractivity contribution in [1.29, 1.82) is 0 Å². The summed E-state index contributed by atoms with van der Waals surface area (Å²) in [7, 11) is 0. The maximum Gasteiger partial charge on any atom is 0.320 e. The van der Waals surface area contributed by atoms with Gasteiger partial charge in [-0.1, -0.05) is 36.9 Å². The SMILES string of the molecule is C=C(CN[C@@H](C)C(=O)O)c1ccccc1. The van der Waals surface area contributed by atoms with Crippen molar-refractivity contribution in [2.24, 2.45) is 0 Å². The normalized spacial score (nSPS) is 12.1. The monoisotopic (exact) mass is 205 g/mol. The average molecular weight is 205 g/mol. The van der Waals surface area contributed by atoms with Crippen molar-refractivity contribution in [2.45, 2.75) is 13.0 Å². The number of benzene rings is 1. The number of nitrogens with one attached hydrogen (secondary N) is 1. The van der Waals surface area contributed by atoms with Crippen LogP contribution in [0, 0.1) is 0 Å². The smallest absolute Gasteiger partial charge is 0.320 e. The molecular formula is C12H15NO2. The molecule has 0 aliphatic carbocycles. The molecule has 1 atom stereocenters. The zero-order valence-electron chi connectivity index (χ0n) is 8.73. The lowest BCUT2D eigenvalue weighted by Gasteiger charge is -2.10. The van der Waals surface area contributed by atoms with Gasteiger partial charge in [-0.2, -0.15) is 0 Å².